The van der Waals surface area contributed by atoms with E-state index in [9.17, 15) is 13.2 Å². The fourth-order valence-corrected chi connectivity index (χ4v) is 6.07. The third kappa shape index (κ3) is 3.99. The van der Waals surface area contributed by atoms with E-state index in [0.29, 0.717) is 23.7 Å². The topological polar surface area (TPSA) is 72.5 Å². The van der Waals surface area contributed by atoms with E-state index in [-0.39, 0.29) is 27.3 Å². The largest absolute Gasteiger partial charge is 0.487 e. The van der Waals surface area contributed by atoms with Crippen LogP contribution in [0.5, 0.6) is 5.75 Å². The average Bonchev–Trinajstić information content (AvgIpc) is 3.38. The molecule has 166 valence electrons. The summed E-state index contributed by atoms with van der Waals surface area (Å²) in [5.74, 6) is 0.897. The maximum absolute atomic E-state index is 13.3. The van der Waals surface area contributed by atoms with Gasteiger partial charge in [-0.25, -0.2) is 13.1 Å². The van der Waals surface area contributed by atoms with Crippen molar-refractivity contribution in [3.63, 3.8) is 0 Å². The summed E-state index contributed by atoms with van der Waals surface area (Å²) in [6.45, 7) is 2.25. The van der Waals surface area contributed by atoms with Crippen molar-refractivity contribution in [3.8, 4) is 5.75 Å². The molecule has 0 spiro atoms. The Labute approximate surface area is 193 Å². The van der Waals surface area contributed by atoms with Gasteiger partial charge in [-0.3, -0.25) is 4.79 Å². The molecule has 1 saturated carbocycles. The Kier molecular flexibility index (Phi) is 6.12. The number of fused-ring (bicyclic) bond motifs is 1. The van der Waals surface area contributed by atoms with Crippen molar-refractivity contribution in [2.45, 2.75) is 50.5 Å². The van der Waals surface area contributed by atoms with E-state index in [1.165, 1.54) is 32.0 Å². The summed E-state index contributed by atoms with van der Waals surface area (Å²) in [7, 11) is -2.12. The number of hydrogen-bond donors (Lipinski definition) is 1. The lowest BCUT2D eigenvalue weighted by Crippen LogP contribution is -2.32. The van der Waals surface area contributed by atoms with Crippen LogP contribution in [0.2, 0.25) is 10.0 Å². The smallest absolute Gasteiger partial charge is 0.240 e. The molecule has 31 heavy (non-hydrogen) atoms. The highest BCUT2D eigenvalue weighted by Gasteiger charge is 2.49. The predicted molar refractivity (Wildman–Crippen MR) is 122 cm³/mol. The molecule has 8 heteroatoms. The van der Waals surface area contributed by atoms with E-state index < -0.39 is 15.4 Å². The number of hydrogen-bond acceptors (Lipinski definition) is 4. The number of rotatable bonds is 6. The molecule has 2 aliphatic carbocycles. The minimum atomic E-state index is -3.49. The maximum Gasteiger partial charge on any atom is 0.240 e. The molecule has 1 N–H and O–H groups in total. The molecule has 4 rings (SSSR count). The summed E-state index contributed by atoms with van der Waals surface area (Å²) in [6, 6.07) is 8.25. The Hall–Kier alpha value is -1.60. The van der Waals surface area contributed by atoms with Gasteiger partial charge in [0.2, 0.25) is 10.0 Å². The minimum Gasteiger partial charge on any atom is -0.487 e. The lowest BCUT2D eigenvalue weighted by molar-refractivity contribution is 0.0744. The maximum atomic E-state index is 13.3. The third-order valence-electron chi connectivity index (χ3n) is 6.71. The third-order valence-corrected chi connectivity index (χ3v) is 8.99. The molecule has 5 nitrogen and oxygen atoms in total. The zero-order valence-corrected chi connectivity index (χ0v) is 19.8. The number of benzene rings is 2. The number of halogens is 2. The van der Waals surface area contributed by atoms with Crippen LogP contribution in [0.15, 0.2) is 35.2 Å². The van der Waals surface area contributed by atoms with Crippen LogP contribution in [0.1, 0.15) is 54.1 Å². The van der Waals surface area contributed by atoms with Crippen LogP contribution in [-0.2, 0) is 23.1 Å². The molecule has 2 aromatic carbocycles. The first-order valence-corrected chi connectivity index (χ1v) is 12.6. The van der Waals surface area contributed by atoms with Crippen LogP contribution in [-0.4, -0.2) is 21.2 Å². The van der Waals surface area contributed by atoms with Crippen molar-refractivity contribution in [3.05, 3.63) is 57.1 Å². The first-order chi connectivity index (χ1) is 14.7. The summed E-state index contributed by atoms with van der Waals surface area (Å²) in [5, 5.41) is 0.496. The van der Waals surface area contributed by atoms with Crippen LogP contribution in [0, 0.1) is 11.3 Å². The van der Waals surface area contributed by atoms with Crippen LogP contribution < -0.4 is 9.46 Å². The summed E-state index contributed by atoms with van der Waals surface area (Å²) in [4.78, 5) is 13.5. The van der Waals surface area contributed by atoms with E-state index in [1.807, 2.05) is 6.07 Å². The molecule has 2 aromatic rings. The van der Waals surface area contributed by atoms with Crippen LogP contribution >= 0.6 is 23.2 Å². The van der Waals surface area contributed by atoms with E-state index in [4.69, 9.17) is 27.9 Å². The number of nitrogens with one attached hydrogen (secondary N) is 1. The van der Waals surface area contributed by atoms with Crippen molar-refractivity contribution >= 4 is 39.0 Å². The van der Waals surface area contributed by atoms with Gasteiger partial charge in [-0.15, -0.1) is 0 Å². The van der Waals surface area contributed by atoms with Crippen molar-refractivity contribution in [2.24, 2.45) is 11.3 Å². The molecule has 0 aliphatic heterocycles. The van der Waals surface area contributed by atoms with Gasteiger partial charge in [0, 0.05) is 11.0 Å². The number of carbonyl (C=O) groups excluding carboxylic acids is 1. The van der Waals surface area contributed by atoms with Gasteiger partial charge in [-0.1, -0.05) is 55.1 Å². The van der Waals surface area contributed by atoms with Crippen molar-refractivity contribution in [1.82, 2.24) is 4.72 Å². The van der Waals surface area contributed by atoms with Gasteiger partial charge in [0.05, 0.1) is 9.92 Å². The first kappa shape index (κ1) is 22.6. The Bertz CT molecular complexity index is 1130. The zero-order valence-electron chi connectivity index (χ0n) is 17.5. The van der Waals surface area contributed by atoms with Crippen LogP contribution in [0.4, 0.5) is 0 Å². The number of ether oxygens (including phenoxy) is 1. The van der Waals surface area contributed by atoms with Crippen LogP contribution in [0.3, 0.4) is 0 Å². The molecular weight excluding hydrogens is 457 g/mol. The van der Waals surface area contributed by atoms with Gasteiger partial charge in [0.15, 0.2) is 5.78 Å². The van der Waals surface area contributed by atoms with Gasteiger partial charge in [0.1, 0.15) is 17.4 Å². The molecule has 0 radical (unpaired) electrons. The van der Waals surface area contributed by atoms with Gasteiger partial charge in [0.25, 0.3) is 0 Å². The normalized spacial score (nSPS) is 21.5. The Morgan fingerprint density at radius 1 is 1.13 bits per heavy atom. The average molecular weight is 482 g/mol. The minimum absolute atomic E-state index is 0.0918. The lowest BCUT2D eigenvalue weighted by Gasteiger charge is -2.29. The second-order valence-corrected chi connectivity index (χ2v) is 11.2. The molecule has 0 aromatic heterocycles. The van der Waals surface area contributed by atoms with Gasteiger partial charge in [-0.05, 0) is 61.6 Å². The van der Waals surface area contributed by atoms with E-state index >= 15 is 0 Å². The quantitative estimate of drug-likeness (QED) is 0.597. The van der Waals surface area contributed by atoms with Crippen molar-refractivity contribution < 1.29 is 17.9 Å². The van der Waals surface area contributed by atoms with Crippen LogP contribution in [0.25, 0.3) is 0 Å². The molecule has 0 bridgehead atoms. The summed E-state index contributed by atoms with van der Waals surface area (Å²) in [5.41, 5.74) is 1.78. The fourth-order valence-electron chi connectivity index (χ4n) is 4.84. The molecule has 1 atom stereocenters. The second-order valence-electron chi connectivity index (χ2n) is 8.58. The predicted octanol–water partition coefficient (Wildman–Crippen LogP) is 5.42. The van der Waals surface area contributed by atoms with E-state index in [0.717, 1.165) is 24.0 Å². The summed E-state index contributed by atoms with van der Waals surface area (Å²) < 4.78 is 31.9. The van der Waals surface area contributed by atoms with Crippen molar-refractivity contribution in [1.29, 1.82) is 0 Å². The molecule has 1 fully saturated rings. The number of Topliss-reactive ketones (excluding diaryl/α,β-unsaturated/α-hetero) is 1. The lowest BCUT2D eigenvalue weighted by atomic mass is 9.73. The van der Waals surface area contributed by atoms with Gasteiger partial charge in [-0.2, -0.15) is 0 Å². The molecule has 0 amide bonds. The molecule has 2 aliphatic rings. The fraction of sp³-hybridized carbons (Fsp3) is 0.435. The Morgan fingerprint density at radius 3 is 2.39 bits per heavy atom. The summed E-state index contributed by atoms with van der Waals surface area (Å²) in [6.07, 6.45) is 5.13. The Balaban J connectivity index is 1.55. The molecule has 0 heterocycles. The highest BCUT2D eigenvalue weighted by atomic mass is 35.5. The second kappa shape index (κ2) is 8.39. The van der Waals surface area contributed by atoms with Crippen molar-refractivity contribution in [2.75, 3.05) is 7.05 Å². The monoisotopic (exact) mass is 481 g/mol. The van der Waals surface area contributed by atoms with E-state index in [2.05, 4.69) is 11.6 Å². The molecule has 0 saturated heterocycles. The SMILES string of the molecule is CNS(=O)(=O)c1ccc(COc2cc3c(c(Cl)c2Cl)C(=O)C(C)(C2CCCC2)C3)cc1. The highest BCUT2D eigenvalue weighted by Crippen LogP contribution is 2.52. The van der Waals surface area contributed by atoms with Gasteiger partial charge >= 0.3 is 0 Å². The zero-order chi connectivity index (χ0) is 22.4. The molecule has 1 unspecified atom stereocenters. The number of carbonyl (C=O) groups is 1. The molecular formula is C23H25Cl2NO4S. The Morgan fingerprint density at radius 2 is 1.77 bits per heavy atom. The number of sulfonamides is 1. The van der Waals surface area contributed by atoms with E-state index in [1.54, 1.807) is 12.1 Å². The first-order valence-electron chi connectivity index (χ1n) is 10.4. The summed E-state index contributed by atoms with van der Waals surface area (Å²) >= 11 is 13.0. The standard InChI is InChI=1S/C23H25Cl2NO4S/c1-23(16-5-3-4-6-16)12-15-11-18(20(24)21(25)19(15)22(23)27)30-13-14-7-9-17(10-8-14)31(28,29)26-2/h7-11,16,26H,3-6,12-13H2,1-2H3. The number of ketones is 1. The highest BCUT2D eigenvalue weighted by molar-refractivity contribution is 7.89. The van der Waals surface area contributed by atoms with Gasteiger partial charge < -0.3 is 4.74 Å².